The lowest BCUT2D eigenvalue weighted by atomic mass is 9.84. The summed E-state index contributed by atoms with van der Waals surface area (Å²) >= 11 is 0. The Balaban J connectivity index is 1.09. The first-order valence-corrected chi connectivity index (χ1v) is 21.3. The van der Waals surface area contributed by atoms with Crippen LogP contribution in [0.15, 0.2) is 60.9 Å². The van der Waals surface area contributed by atoms with Crippen LogP contribution in [0.2, 0.25) is 0 Å². The predicted molar refractivity (Wildman–Crippen MR) is 219 cm³/mol. The molecule has 5 heterocycles. The molecule has 0 unspecified atom stereocenters. The first kappa shape index (κ1) is 38.8. The second-order valence-electron chi connectivity index (χ2n) is 17.2. The second-order valence-corrected chi connectivity index (χ2v) is 17.2. The lowest BCUT2D eigenvalue weighted by molar-refractivity contribution is -0.150. The minimum absolute atomic E-state index is 0.0929. The van der Waals surface area contributed by atoms with Gasteiger partial charge in [-0.1, -0.05) is 49.2 Å². The maximum absolute atomic E-state index is 14.9. The van der Waals surface area contributed by atoms with Gasteiger partial charge in [-0.25, -0.2) is 0 Å². The maximum Gasteiger partial charge on any atom is 0.246 e. The van der Waals surface area contributed by atoms with E-state index in [2.05, 4.69) is 31.2 Å². The lowest BCUT2D eigenvalue weighted by Gasteiger charge is -2.38. The van der Waals surface area contributed by atoms with Crippen LogP contribution in [0.4, 0.5) is 0 Å². The number of H-pyrrole nitrogens is 2. The van der Waals surface area contributed by atoms with Gasteiger partial charge in [-0.2, -0.15) is 0 Å². The van der Waals surface area contributed by atoms with E-state index in [0.29, 0.717) is 38.6 Å². The number of amides is 6. The van der Waals surface area contributed by atoms with Gasteiger partial charge in [0.1, 0.15) is 35.7 Å². The topological polar surface area (TPSA) is 215 Å². The monoisotopic (exact) mass is 803 g/mol. The molecule has 8 N–H and O–H groups in total. The molecule has 6 amide bonds. The van der Waals surface area contributed by atoms with Gasteiger partial charge in [0, 0.05) is 59.6 Å². The van der Waals surface area contributed by atoms with Gasteiger partial charge in [-0.15, -0.1) is 0 Å². The Morgan fingerprint density at radius 1 is 0.661 bits per heavy atom. The van der Waals surface area contributed by atoms with Crippen LogP contribution in [-0.2, 0) is 41.6 Å². The van der Waals surface area contributed by atoms with Crippen LogP contribution in [-0.4, -0.2) is 110 Å². The lowest BCUT2D eigenvalue weighted by Crippen LogP contribution is -2.62. The Morgan fingerprint density at radius 3 is 1.95 bits per heavy atom. The van der Waals surface area contributed by atoms with E-state index in [1.165, 1.54) is 0 Å². The van der Waals surface area contributed by atoms with Crippen molar-refractivity contribution in [3.63, 3.8) is 0 Å². The van der Waals surface area contributed by atoms with E-state index in [0.717, 1.165) is 58.6 Å². The number of nitrogens with zero attached hydrogens (tertiary/aromatic N) is 2. The number of aromatic nitrogens is 2. The average Bonchev–Trinajstić information content (AvgIpc) is 3.64. The number of nitrogens with one attached hydrogen (secondary N) is 6. The highest BCUT2D eigenvalue weighted by atomic mass is 16.2. The van der Waals surface area contributed by atoms with Gasteiger partial charge in [0.25, 0.3) is 0 Å². The molecule has 2 aromatic carbocycles. The maximum atomic E-state index is 14.9. The second kappa shape index (κ2) is 15.8. The molecule has 59 heavy (non-hydrogen) atoms. The molecule has 0 radical (unpaired) electrons. The van der Waals surface area contributed by atoms with Crippen molar-refractivity contribution in [2.45, 2.75) is 119 Å². The zero-order valence-corrected chi connectivity index (χ0v) is 33.1. The number of nitrogens with two attached hydrogens (primary N) is 1. The predicted octanol–water partition coefficient (Wildman–Crippen LogP) is 2.05. The number of aromatic amines is 2. The van der Waals surface area contributed by atoms with E-state index in [1.807, 2.05) is 54.7 Å². The van der Waals surface area contributed by atoms with Gasteiger partial charge in [0.15, 0.2) is 0 Å². The largest absolute Gasteiger partial charge is 0.361 e. The van der Waals surface area contributed by atoms with Gasteiger partial charge >= 0.3 is 0 Å². The molecule has 15 heteroatoms. The van der Waals surface area contributed by atoms with E-state index in [4.69, 9.17) is 5.73 Å². The van der Waals surface area contributed by atoms with E-state index >= 15 is 0 Å². The molecule has 4 aromatic rings. The molecule has 3 aliphatic heterocycles. The summed E-state index contributed by atoms with van der Waals surface area (Å²) in [6.07, 6.45) is 9.65. The molecule has 310 valence electrons. The third kappa shape index (κ3) is 7.34. The summed E-state index contributed by atoms with van der Waals surface area (Å²) in [6.45, 7) is 0.408. The van der Waals surface area contributed by atoms with Gasteiger partial charge in [0.2, 0.25) is 35.4 Å². The van der Waals surface area contributed by atoms with Crippen molar-refractivity contribution in [2.75, 3.05) is 13.1 Å². The van der Waals surface area contributed by atoms with Crippen LogP contribution in [0.5, 0.6) is 0 Å². The number of carbonyl (C=O) groups excluding carboxylic acids is 6. The molecule has 1 spiro atoms. The first-order valence-electron chi connectivity index (χ1n) is 21.3. The highest BCUT2D eigenvalue weighted by Crippen LogP contribution is 2.42. The van der Waals surface area contributed by atoms with Gasteiger partial charge in [0.05, 0.1) is 0 Å². The molecule has 2 saturated carbocycles. The van der Waals surface area contributed by atoms with Crippen LogP contribution < -0.4 is 27.0 Å². The highest BCUT2D eigenvalue weighted by molar-refractivity contribution is 6.01. The number of hydrogen-bond acceptors (Lipinski definition) is 7. The Hall–Kier alpha value is -5.70. The van der Waals surface area contributed by atoms with Crippen molar-refractivity contribution in [3.05, 3.63) is 72.1 Å². The normalized spacial score (nSPS) is 29.0. The van der Waals surface area contributed by atoms with Crippen molar-refractivity contribution in [1.29, 1.82) is 0 Å². The number of benzene rings is 2. The van der Waals surface area contributed by atoms with Gasteiger partial charge < -0.3 is 46.8 Å². The van der Waals surface area contributed by atoms with Crippen molar-refractivity contribution >= 4 is 57.2 Å². The van der Waals surface area contributed by atoms with Gasteiger partial charge in [-0.3, -0.25) is 28.8 Å². The summed E-state index contributed by atoms with van der Waals surface area (Å²) in [7, 11) is 0. The SMILES string of the molecule is NCC[C@@H]1NC(=O)[C@H](Cc2c[nH]c3ccccc23)NC(=O)C2(CC2)NC(=O)[C@H](Cc2c[nH]c3ccccc23)NC(=O)[C@H]2C[C@H]3CCCC[C@H]3N2C(=O)[C@H]2CCCN2C1=O. The van der Waals surface area contributed by atoms with E-state index in [1.54, 1.807) is 16.0 Å². The van der Waals surface area contributed by atoms with E-state index in [-0.39, 0.29) is 43.7 Å². The molecule has 5 fully saturated rings. The van der Waals surface area contributed by atoms with Crippen LogP contribution in [0.25, 0.3) is 21.8 Å². The molecule has 2 aliphatic carbocycles. The van der Waals surface area contributed by atoms with Crippen LogP contribution in [0, 0.1) is 5.92 Å². The van der Waals surface area contributed by atoms with E-state index in [9.17, 15) is 28.8 Å². The molecule has 0 bridgehead atoms. The average molecular weight is 804 g/mol. The summed E-state index contributed by atoms with van der Waals surface area (Å²) in [4.78, 5) is 97.1. The van der Waals surface area contributed by atoms with Crippen molar-refractivity contribution in [2.24, 2.45) is 11.7 Å². The standard InChI is InChI=1S/C44H53N9O6/c45-18-15-32-41(57)52-19-7-14-36(52)42(58)53-35-13-6-1-8-25(35)22-37(53)40(56)49-34(21-27-24-47-31-12-5-3-10-29(27)31)39(55)51-44(16-17-44)43(59)50-33(38(54)48-32)20-26-23-46-30-11-4-2-9-28(26)30/h2-5,9-12,23-25,32-37,46-47H,1,6-8,13-22,45H2,(H,48,54)(H,49,56)(H,50,59)(H,51,55)/t25-,32+,33+,34+,35-,36-,37-/m1/s1. The number of para-hydroxylation sites is 2. The number of fused-ring (bicyclic) bond motifs is 6. The minimum Gasteiger partial charge on any atom is -0.361 e. The van der Waals surface area contributed by atoms with Crippen LogP contribution >= 0.6 is 0 Å². The van der Waals surface area contributed by atoms with Crippen LogP contribution in [0.3, 0.4) is 0 Å². The molecular formula is C44H53N9O6. The molecular weight excluding hydrogens is 751 g/mol. The highest BCUT2D eigenvalue weighted by Gasteiger charge is 2.54. The number of hydrogen-bond donors (Lipinski definition) is 7. The van der Waals surface area contributed by atoms with Gasteiger partial charge in [-0.05, 0) is 87.1 Å². The summed E-state index contributed by atoms with van der Waals surface area (Å²) in [5.74, 6) is -2.63. The third-order valence-corrected chi connectivity index (χ3v) is 13.5. The molecule has 15 nitrogen and oxygen atoms in total. The fraction of sp³-hybridized carbons (Fsp3) is 0.500. The smallest absolute Gasteiger partial charge is 0.246 e. The fourth-order valence-corrected chi connectivity index (χ4v) is 10.2. The molecule has 9 rings (SSSR count). The number of carbonyl (C=O) groups is 6. The Kier molecular flexibility index (Phi) is 10.4. The zero-order valence-electron chi connectivity index (χ0n) is 33.1. The fourth-order valence-electron chi connectivity index (χ4n) is 10.2. The molecule has 7 atom stereocenters. The summed E-state index contributed by atoms with van der Waals surface area (Å²) in [5, 5.41) is 13.7. The first-order chi connectivity index (χ1) is 28.6. The molecule has 2 aromatic heterocycles. The molecule has 5 aliphatic rings. The van der Waals surface area contributed by atoms with Crippen LogP contribution in [0.1, 0.15) is 75.3 Å². The Bertz CT molecular complexity index is 2300. The van der Waals surface area contributed by atoms with Crippen molar-refractivity contribution < 1.29 is 28.8 Å². The number of rotatable bonds is 6. The van der Waals surface area contributed by atoms with Crippen molar-refractivity contribution in [1.82, 2.24) is 41.0 Å². The zero-order chi connectivity index (χ0) is 40.8. The summed E-state index contributed by atoms with van der Waals surface area (Å²) in [6, 6.07) is 10.3. The van der Waals surface area contributed by atoms with Crippen molar-refractivity contribution in [3.8, 4) is 0 Å². The van der Waals surface area contributed by atoms with E-state index < -0.39 is 65.3 Å². The quantitative estimate of drug-likeness (QED) is 0.154. The third-order valence-electron chi connectivity index (χ3n) is 13.5. The summed E-state index contributed by atoms with van der Waals surface area (Å²) in [5.41, 5.74) is 8.06. The Morgan fingerprint density at radius 2 is 1.29 bits per heavy atom. The Labute approximate surface area is 341 Å². The summed E-state index contributed by atoms with van der Waals surface area (Å²) < 4.78 is 0. The minimum atomic E-state index is -1.32. The molecule has 3 saturated heterocycles.